The van der Waals surface area contributed by atoms with E-state index in [1.807, 2.05) is 0 Å². The van der Waals surface area contributed by atoms with Gasteiger partial charge in [0.15, 0.2) is 17.5 Å². The third-order valence-electron chi connectivity index (χ3n) is 4.17. The summed E-state index contributed by atoms with van der Waals surface area (Å²) >= 11 is 0. The van der Waals surface area contributed by atoms with E-state index in [2.05, 4.69) is 15.6 Å². The summed E-state index contributed by atoms with van der Waals surface area (Å²) < 4.78 is 10.4. The summed E-state index contributed by atoms with van der Waals surface area (Å²) in [7, 11) is 4.82. The van der Waals surface area contributed by atoms with Gasteiger partial charge < -0.3 is 25.2 Å². The van der Waals surface area contributed by atoms with E-state index < -0.39 is 0 Å². The molecular weight excluding hydrogens is 421 g/mol. The summed E-state index contributed by atoms with van der Waals surface area (Å²) in [5.41, 5.74) is 0.947. The molecule has 6 nitrogen and oxygen atoms in total. The number of aromatic hydroxyl groups is 1. The number of ether oxygens (including phenoxy) is 2. The minimum absolute atomic E-state index is 0. The van der Waals surface area contributed by atoms with Gasteiger partial charge in [0.1, 0.15) is 0 Å². The van der Waals surface area contributed by atoms with Gasteiger partial charge in [-0.1, -0.05) is 19.3 Å². The Hall–Kier alpha value is -1.38. The van der Waals surface area contributed by atoms with E-state index in [0.29, 0.717) is 24.1 Å². The zero-order valence-electron chi connectivity index (χ0n) is 14.6. The molecule has 0 bridgehead atoms. The average Bonchev–Trinajstić information content (AvgIpc) is 2.60. The molecule has 1 saturated carbocycles. The minimum atomic E-state index is 0. The summed E-state index contributed by atoms with van der Waals surface area (Å²) in [5.74, 6) is 1.61. The van der Waals surface area contributed by atoms with Gasteiger partial charge in [0, 0.05) is 19.6 Å². The molecule has 1 fully saturated rings. The van der Waals surface area contributed by atoms with Gasteiger partial charge in [-0.05, 0) is 30.5 Å². The fraction of sp³-hybridized carbons (Fsp3) is 0.588. The van der Waals surface area contributed by atoms with Crippen molar-refractivity contribution in [3.05, 3.63) is 17.7 Å². The molecule has 0 unspecified atom stereocenters. The third-order valence-corrected chi connectivity index (χ3v) is 4.17. The maximum Gasteiger partial charge on any atom is 0.200 e. The van der Waals surface area contributed by atoms with Crippen LogP contribution in [0.3, 0.4) is 0 Å². The van der Waals surface area contributed by atoms with Gasteiger partial charge in [-0.3, -0.25) is 4.99 Å². The summed E-state index contributed by atoms with van der Waals surface area (Å²) in [4.78, 5) is 4.28. The lowest BCUT2D eigenvalue weighted by atomic mass is 9.96. The molecule has 1 aliphatic carbocycles. The van der Waals surface area contributed by atoms with E-state index in [1.54, 1.807) is 19.2 Å². The number of aliphatic imine (C=N–C) groups is 1. The normalized spacial score (nSPS) is 15.4. The zero-order chi connectivity index (χ0) is 16.7. The van der Waals surface area contributed by atoms with Crippen LogP contribution < -0.4 is 20.1 Å². The number of guanidine groups is 1. The quantitative estimate of drug-likeness (QED) is 0.366. The van der Waals surface area contributed by atoms with Gasteiger partial charge in [-0.15, -0.1) is 24.0 Å². The predicted molar refractivity (Wildman–Crippen MR) is 107 cm³/mol. The molecule has 7 heteroatoms. The van der Waals surface area contributed by atoms with Crippen LogP contribution in [0.1, 0.15) is 37.7 Å². The number of rotatable bonds is 5. The van der Waals surface area contributed by atoms with Gasteiger partial charge in [0.2, 0.25) is 5.75 Å². The van der Waals surface area contributed by atoms with Crippen molar-refractivity contribution in [1.82, 2.24) is 10.6 Å². The van der Waals surface area contributed by atoms with Crippen LogP contribution in [0.4, 0.5) is 0 Å². The number of halogens is 1. The number of hydrogen-bond donors (Lipinski definition) is 3. The van der Waals surface area contributed by atoms with Crippen LogP contribution in [0, 0.1) is 0 Å². The fourth-order valence-corrected chi connectivity index (χ4v) is 2.87. The van der Waals surface area contributed by atoms with Crippen molar-refractivity contribution in [1.29, 1.82) is 0 Å². The Bertz CT molecular complexity index is 521. The SMILES string of the molecule is CN=C(NCc1cc(OC)c(O)c(OC)c1)NC1CCCCC1.I. The van der Waals surface area contributed by atoms with Crippen molar-refractivity contribution in [3.63, 3.8) is 0 Å². The molecule has 0 heterocycles. The Morgan fingerprint density at radius 1 is 1.17 bits per heavy atom. The summed E-state index contributed by atoms with van der Waals surface area (Å²) in [6, 6.07) is 4.08. The molecule has 0 aromatic heterocycles. The first-order valence-electron chi connectivity index (χ1n) is 8.09. The maximum absolute atomic E-state index is 9.95. The maximum atomic E-state index is 9.95. The van der Waals surface area contributed by atoms with Crippen LogP contribution in [0.5, 0.6) is 17.2 Å². The second-order valence-corrected chi connectivity index (χ2v) is 5.75. The summed E-state index contributed by atoms with van der Waals surface area (Å²) in [5, 5.41) is 16.7. The number of nitrogens with one attached hydrogen (secondary N) is 2. The molecule has 0 radical (unpaired) electrons. The highest BCUT2D eigenvalue weighted by atomic mass is 127. The molecule has 0 atom stereocenters. The number of benzene rings is 1. The molecule has 1 aromatic rings. The second kappa shape index (κ2) is 10.5. The first-order chi connectivity index (χ1) is 11.2. The van der Waals surface area contributed by atoms with Crippen molar-refractivity contribution in [2.75, 3.05) is 21.3 Å². The first-order valence-corrected chi connectivity index (χ1v) is 8.09. The standard InChI is InChI=1S/C17H27N3O3.HI/c1-18-17(20-13-7-5-4-6-8-13)19-11-12-9-14(22-2)16(21)15(10-12)23-3;/h9-10,13,21H,4-8,11H2,1-3H3,(H2,18,19,20);1H. The highest BCUT2D eigenvalue weighted by Crippen LogP contribution is 2.36. The molecule has 3 N–H and O–H groups in total. The van der Waals surface area contributed by atoms with Gasteiger partial charge in [0.25, 0.3) is 0 Å². The lowest BCUT2D eigenvalue weighted by Crippen LogP contribution is -2.43. The topological polar surface area (TPSA) is 75.1 Å². The van der Waals surface area contributed by atoms with Crippen molar-refractivity contribution >= 4 is 29.9 Å². The highest BCUT2D eigenvalue weighted by Gasteiger charge is 2.15. The molecule has 24 heavy (non-hydrogen) atoms. The smallest absolute Gasteiger partial charge is 0.200 e. The van der Waals surface area contributed by atoms with Crippen molar-refractivity contribution in [2.24, 2.45) is 4.99 Å². The van der Waals surface area contributed by atoms with Gasteiger partial charge in [-0.25, -0.2) is 0 Å². The summed E-state index contributed by atoms with van der Waals surface area (Å²) in [6.45, 7) is 0.569. The third kappa shape index (κ3) is 5.61. The average molecular weight is 449 g/mol. The van der Waals surface area contributed by atoms with Crippen LogP contribution in [-0.2, 0) is 6.54 Å². The number of phenols is 1. The van der Waals surface area contributed by atoms with E-state index >= 15 is 0 Å². The van der Waals surface area contributed by atoms with E-state index in [-0.39, 0.29) is 29.7 Å². The molecule has 2 rings (SSSR count). The van der Waals surface area contributed by atoms with Crippen molar-refractivity contribution < 1.29 is 14.6 Å². The molecule has 1 aromatic carbocycles. The van der Waals surface area contributed by atoms with Crippen LogP contribution in [-0.4, -0.2) is 38.4 Å². The number of hydrogen-bond acceptors (Lipinski definition) is 4. The number of methoxy groups -OCH3 is 2. The largest absolute Gasteiger partial charge is 0.502 e. The Labute approximate surface area is 161 Å². The van der Waals surface area contributed by atoms with E-state index in [0.717, 1.165) is 11.5 Å². The first kappa shape index (κ1) is 20.7. The molecule has 0 spiro atoms. The Morgan fingerprint density at radius 3 is 2.25 bits per heavy atom. The highest BCUT2D eigenvalue weighted by molar-refractivity contribution is 14.0. The van der Waals surface area contributed by atoms with Crippen LogP contribution in [0.25, 0.3) is 0 Å². The predicted octanol–water partition coefficient (Wildman–Crippen LogP) is 3.03. The summed E-state index contributed by atoms with van der Waals surface area (Å²) in [6.07, 6.45) is 6.28. The van der Waals surface area contributed by atoms with Crippen LogP contribution >= 0.6 is 24.0 Å². The Morgan fingerprint density at radius 2 is 1.75 bits per heavy atom. The van der Waals surface area contributed by atoms with Crippen LogP contribution in [0.2, 0.25) is 0 Å². The van der Waals surface area contributed by atoms with E-state index in [4.69, 9.17) is 9.47 Å². The molecule has 136 valence electrons. The van der Waals surface area contributed by atoms with Gasteiger partial charge >= 0.3 is 0 Å². The fourth-order valence-electron chi connectivity index (χ4n) is 2.87. The molecule has 1 aliphatic rings. The Kier molecular flexibility index (Phi) is 9.02. The Balaban J connectivity index is 0.00000288. The van der Waals surface area contributed by atoms with Crippen molar-refractivity contribution in [2.45, 2.75) is 44.7 Å². The zero-order valence-corrected chi connectivity index (χ0v) is 16.9. The van der Waals surface area contributed by atoms with E-state index in [1.165, 1.54) is 46.3 Å². The van der Waals surface area contributed by atoms with Crippen LogP contribution in [0.15, 0.2) is 17.1 Å². The molecule has 0 amide bonds. The van der Waals surface area contributed by atoms with E-state index in [9.17, 15) is 5.11 Å². The lowest BCUT2D eigenvalue weighted by molar-refractivity contribution is 0.339. The van der Waals surface area contributed by atoms with Gasteiger partial charge in [0.05, 0.1) is 14.2 Å². The lowest BCUT2D eigenvalue weighted by Gasteiger charge is -2.25. The number of phenolic OH excluding ortho intramolecular Hbond substituents is 1. The number of nitrogens with zero attached hydrogens (tertiary/aromatic N) is 1. The minimum Gasteiger partial charge on any atom is -0.502 e. The molecular formula is C17H28IN3O3. The van der Waals surface area contributed by atoms with Gasteiger partial charge in [-0.2, -0.15) is 0 Å². The second-order valence-electron chi connectivity index (χ2n) is 5.75. The van der Waals surface area contributed by atoms with Crippen molar-refractivity contribution in [3.8, 4) is 17.2 Å². The monoisotopic (exact) mass is 449 g/mol. The molecule has 0 aliphatic heterocycles. The molecule has 0 saturated heterocycles.